The number of unbranched alkanes of at least 4 members (excludes halogenated alkanes) is 56. The topological polar surface area (TPSA) is 175 Å². The summed E-state index contributed by atoms with van der Waals surface area (Å²) in [5.74, 6) is -0.156. The van der Waals surface area contributed by atoms with E-state index in [0.29, 0.717) is 19.4 Å². The second-order valence-electron chi connectivity index (χ2n) is 27.4. The molecule has 0 aromatic carbocycles. The van der Waals surface area contributed by atoms with Crippen molar-refractivity contribution >= 4 is 11.9 Å². The molecule has 1 saturated heterocycles. The summed E-state index contributed by atoms with van der Waals surface area (Å²) in [5.41, 5.74) is 0. The van der Waals surface area contributed by atoms with Gasteiger partial charge in [0.2, 0.25) is 5.91 Å². The van der Waals surface area contributed by atoms with Gasteiger partial charge in [-0.2, -0.15) is 0 Å². The smallest absolute Gasteiger partial charge is 0.305 e. The Hall–Kier alpha value is -1.60. The Labute approximate surface area is 544 Å². The molecule has 11 nitrogen and oxygen atoms in total. The van der Waals surface area contributed by atoms with Crippen LogP contribution in [-0.2, 0) is 23.8 Å². The Balaban J connectivity index is 1.86. The van der Waals surface area contributed by atoms with Crippen molar-refractivity contribution in [1.82, 2.24) is 5.32 Å². The maximum atomic E-state index is 13.0. The molecule has 0 spiro atoms. The lowest BCUT2D eigenvalue weighted by Gasteiger charge is -2.40. The van der Waals surface area contributed by atoms with Gasteiger partial charge in [0.15, 0.2) is 6.29 Å². The van der Waals surface area contributed by atoms with E-state index in [0.717, 1.165) is 51.4 Å². The minimum atomic E-state index is -1.57. The van der Waals surface area contributed by atoms with Gasteiger partial charge < -0.3 is 45.1 Å². The van der Waals surface area contributed by atoms with E-state index >= 15 is 0 Å². The molecule has 11 heteroatoms. The van der Waals surface area contributed by atoms with Crippen molar-refractivity contribution in [3.8, 4) is 0 Å². The molecule has 1 fully saturated rings. The number of esters is 1. The molecule has 1 aliphatic rings. The van der Waals surface area contributed by atoms with Crippen molar-refractivity contribution in [3.05, 3.63) is 12.2 Å². The van der Waals surface area contributed by atoms with Gasteiger partial charge in [0.05, 0.1) is 32.0 Å². The van der Waals surface area contributed by atoms with Gasteiger partial charge in [-0.15, -0.1) is 0 Å². The van der Waals surface area contributed by atoms with Crippen molar-refractivity contribution in [1.29, 1.82) is 0 Å². The van der Waals surface area contributed by atoms with Crippen LogP contribution in [0.5, 0.6) is 0 Å². The fraction of sp³-hybridized carbons (Fsp3) is 0.948. The van der Waals surface area contributed by atoms with Crippen LogP contribution in [0.3, 0.4) is 0 Å². The zero-order valence-electron chi connectivity index (χ0n) is 58.2. The number of ether oxygens (including phenoxy) is 3. The Bertz CT molecular complexity index is 1460. The van der Waals surface area contributed by atoms with Crippen LogP contribution < -0.4 is 5.32 Å². The first-order chi connectivity index (χ1) is 43.2. The first kappa shape index (κ1) is 84.4. The average Bonchev–Trinajstić information content (AvgIpc) is 2.18. The molecular weight excluding hydrogens is 1100 g/mol. The predicted octanol–water partition coefficient (Wildman–Crippen LogP) is 20.6. The molecule has 522 valence electrons. The molecule has 6 N–H and O–H groups in total. The van der Waals surface area contributed by atoms with Crippen LogP contribution in [0.2, 0.25) is 0 Å². The molecule has 1 aliphatic heterocycles. The third-order valence-electron chi connectivity index (χ3n) is 18.9. The number of aliphatic hydroxyl groups is 5. The Morgan fingerprint density at radius 3 is 1.06 bits per heavy atom. The van der Waals surface area contributed by atoms with Crippen LogP contribution >= 0.6 is 0 Å². The number of allylic oxidation sites excluding steroid dienone is 1. The zero-order valence-corrected chi connectivity index (χ0v) is 58.2. The molecule has 0 radical (unpaired) electrons. The Kier molecular flexibility index (Phi) is 64.1. The number of hydrogen-bond acceptors (Lipinski definition) is 10. The van der Waals surface area contributed by atoms with Crippen LogP contribution in [-0.4, -0.2) is 100 Å². The maximum Gasteiger partial charge on any atom is 0.305 e. The fourth-order valence-corrected chi connectivity index (χ4v) is 12.8. The first-order valence-corrected chi connectivity index (χ1v) is 39.0. The minimum Gasteiger partial charge on any atom is -0.466 e. The molecular formula is C77H149NO10. The fourth-order valence-electron chi connectivity index (χ4n) is 12.8. The van der Waals surface area contributed by atoms with E-state index in [9.17, 15) is 35.1 Å². The molecule has 0 bridgehead atoms. The summed E-state index contributed by atoms with van der Waals surface area (Å²) in [6.45, 7) is 4.39. The van der Waals surface area contributed by atoms with E-state index in [1.807, 2.05) is 6.08 Å². The molecule has 0 saturated carbocycles. The standard InChI is InChI=1S/C77H149NO10/c1-3-5-7-9-11-13-15-16-17-35-39-42-45-49-53-57-61-65-73(82)86-66-62-58-54-50-46-43-40-37-34-32-30-28-26-24-22-20-18-19-21-23-25-27-29-31-33-36-38-41-44-48-52-56-60-64-72(81)78-69(68-87-77-76(85)75(84)74(83)71(67-79)88-77)70(80)63-59-55-51-47-14-12-10-8-6-4-2/h59,63,69-71,74-77,79-80,83-85H,3-58,60-62,64-68H2,1-2H3,(H,78,81)/b63-59+. The van der Waals surface area contributed by atoms with Gasteiger partial charge in [0, 0.05) is 12.8 Å². The van der Waals surface area contributed by atoms with Gasteiger partial charge in [0.25, 0.3) is 0 Å². The van der Waals surface area contributed by atoms with E-state index in [1.54, 1.807) is 6.08 Å². The summed E-state index contributed by atoms with van der Waals surface area (Å²) >= 11 is 0. The van der Waals surface area contributed by atoms with Gasteiger partial charge in [-0.3, -0.25) is 9.59 Å². The SMILES string of the molecule is CCCCCCCCCC/C=C/C(O)C(COC1OC(CO)C(O)C(O)C1O)NC(=O)CCCCCCCCCCCCCCCCCCCCCCCCCCCCCCCCCCCOC(=O)CCCCCCCCCCCCCCCCCCC. The van der Waals surface area contributed by atoms with E-state index in [4.69, 9.17) is 14.2 Å². The summed E-state index contributed by atoms with van der Waals surface area (Å²) in [4.78, 5) is 25.2. The second-order valence-corrected chi connectivity index (χ2v) is 27.4. The first-order valence-electron chi connectivity index (χ1n) is 39.0. The largest absolute Gasteiger partial charge is 0.466 e. The number of nitrogens with one attached hydrogen (secondary N) is 1. The van der Waals surface area contributed by atoms with E-state index < -0.39 is 49.5 Å². The van der Waals surface area contributed by atoms with Crippen molar-refractivity contribution in [2.24, 2.45) is 0 Å². The highest BCUT2D eigenvalue weighted by atomic mass is 16.7. The van der Waals surface area contributed by atoms with Crippen LogP contribution in [0, 0.1) is 0 Å². The third-order valence-corrected chi connectivity index (χ3v) is 18.9. The van der Waals surface area contributed by atoms with Crippen molar-refractivity contribution in [2.45, 2.75) is 448 Å². The molecule has 0 aromatic heterocycles. The van der Waals surface area contributed by atoms with Crippen LogP contribution in [0.4, 0.5) is 0 Å². The predicted molar refractivity (Wildman–Crippen MR) is 371 cm³/mol. The lowest BCUT2D eigenvalue weighted by molar-refractivity contribution is -0.302. The minimum absolute atomic E-state index is 0.0195. The summed E-state index contributed by atoms with van der Waals surface area (Å²) in [6, 6.07) is -0.804. The highest BCUT2D eigenvalue weighted by Crippen LogP contribution is 2.24. The summed E-state index contributed by atoms with van der Waals surface area (Å²) in [7, 11) is 0. The Morgan fingerprint density at radius 1 is 0.409 bits per heavy atom. The number of amides is 1. The molecule has 7 unspecified atom stereocenters. The van der Waals surface area contributed by atoms with Gasteiger partial charge in [0.1, 0.15) is 24.4 Å². The number of carbonyl (C=O) groups excluding carboxylic acids is 2. The van der Waals surface area contributed by atoms with E-state index in [-0.39, 0.29) is 18.5 Å². The van der Waals surface area contributed by atoms with Crippen LogP contribution in [0.25, 0.3) is 0 Å². The Morgan fingerprint density at radius 2 is 0.716 bits per heavy atom. The third kappa shape index (κ3) is 54.9. The molecule has 7 atom stereocenters. The molecule has 1 amide bonds. The molecule has 0 aliphatic carbocycles. The molecule has 1 heterocycles. The zero-order chi connectivity index (χ0) is 63.7. The van der Waals surface area contributed by atoms with Crippen molar-refractivity contribution < 1.29 is 49.3 Å². The quantitative estimate of drug-likeness (QED) is 0.0195. The summed E-state index contributed by atoms with van der Waals surface area (Å²) < 4.78 is 16.8. The lowest BCUT2D eigenvalue weighted by atomic mass is 9.99. The van der Waals surface area contributed by atoms with Gasteiger partial charge in [-0.25, -0.2) is 0 Å². The molecule has 0 aromatic rings. The summed E-state index contributed by atoms with van der Waals surface area (Å²) in [6.07, 6.45) is 73.9. The number of hydrogen-bond donors (Lipinski definition) is 6. The number of aliphatic hydroxyl groups excluding tert-OH is 5. The summed E-state index contributed by atoms with van der Waals surface area (Å²) in [5, 5.41) is 54.4. The maximum absolute atomic E-state index is 13.0. The second kappa shape index (κ2) is 66.8. The monoisotopic (exact) mass is 1250 g/mol. The average molecular weight is 1250 g/mol. The van der Waals surface area contributed by atoms with Gasteiger partial charge in [-0.05, 0) is 32.1 Å². The van der Waals surface area contributed by atoms with Crippen molar-refractivity contribution in [2.75, 3.05) is 19.8 Å². The van der Waals surface area contributed by atoms with E-state index in [1.165, 1.54) is 327 Å². The molecule has 1 rings (SSSR count). The lowest BCUT2D eigenvalue weighted by Crippen LogP contribution is -2.60. The molecule has 88 heavy (non-hydrogen) atoms. The number of rotatable bonds is 70. The highest BCUT2D eigenvalue weighted by Gasteiger charge is 2.44. The highest BCUT2D eigenvalue weighted by molar-refractivity contribution is 5.76. The number of carbonyl (C=O) groups is 2. The van der Waals surface area contributed by atoms with Gasteiger partial charge >= 0.3 is 5.97 Å². The van der Waals surface area contributed by atoms with Crippen LogP contribution in [0.1, 0.15) is 406 Å². The van der Waals surface area contributed by atoms with Gasteiger partial charge in [-0.1, -0.05) is 373 Å². The normalized spacial score (nSPS) is 17.7. The van der Waals surface area contributed by atoms with Crippen molar-refractivity contribution in [3.63, 3.8) is 0 Å². The van der Waals surface area contributed by atoms with Crippen LogP contribution in [0.15, 0.2) is 12.2 Å². The van der Waals surface area contributed by atoms with E-state index in [2.05, 4.69) is 19.2 Å².